The molecule has 10 nitrogen and oxygen atoms in total. The van der Waals surface area contributed by atoms with Crippen LogP contribution in [-0.4, -0.2) is 61.1 Å². The lowest BCUT2D eigenvalue weighted by atomic mass is 10.2. The summed E-state index contributed by atoms with van der Waals surface area (Å²) >= 11 is 0. The van der Waals surface area contributed by atoms with E-state index >= 15 is 0 Å². The number of methoxy groups -OCH3 is 1. The summed E-state index contributed by atoms with van der Waals surface area (Å²) in [5.74, 6) is -0.860. The van der Waals surface area contributed by atoms with Gasteiger partial charge < -0.3 is 20.3 Å². The predicted molar refractivity (Wildman–Crippen MR) is 82.5 cm³/mol. The number of urea groups is 1. The summed E-state index contributed by atoms with van der Waals surface area (Å²) in [4.78, 5) is 39.0. The standard InChI is InChI=1S/C13H19N5O5/c1-8-7-9(12(19)23-4)10(18(21)22)11(16-8)14-5-6-15-13(20)17(2)3/h7H,5-6H2,1-4H3,(H,14,16)(H,15,20). The van der Waals surface area contributed by atoms with Gasteiger partial charge in [0.2, 0.25) is 5.82 Å². The first-order valence-electron chi connectivity index (χ1n) is 6.71. The molecule has 1 rings (SSSR count). The maximum atomic E-state index is 11.7. The van der Waals surface area contributed by atoms with E-state index < -0.39 is 16.6 Å². The van der Waals surface area contributed by atoms with E-state index in [0.29, 0.717) is 5.69 Å². The summed E-state index contributed by atoms with van der Waals surface area (Å²) in [5.41, 5.74) is -0.206. The minimum Gasteiger partial charge on any atom is -0.465 e. The molecule has 10 heteroatoms. The molecular weight excluding hydrogens is 306 g/mol. The summed E-state index contributed by atoms with van der Waals surface area (Å²) < 4.78 is 4.56. The van der Waals surface area contributed by atoms with Crippen LogP contribution in [0.1, 0.15) is 16.1 Å². The highest BCUT2D eigenvalue weighted by atomic mass is 16.6. The third-order valence-corrected chi connectivity index (χ3v) is 2.81. The fraction of sp³-hybridized carbons (Fsp3) is 0.462. The molecule has 2 amide bonds. The van der Waals surface area contributed by atoms with Crippen LogP contribution in [0.2, 0.25) is 0 Å². The van der Waals surface area contributed by atoms with Gasteiger partial charge in [0, 0.05) is 32.9 Å². The summed E-state index contributed by atoms with van der Waals surface area (Å²) in [6, 6.07) is 1.01. The molecule has 0 saturated heterocycles. The second-order valence-electron chi connectivity index (χ2n) is 4.81. The van der Waals surface area contributed by atoms with Crippen LogP contribution < -0.4 is 10.6 Å². The van der Waals surface area contributed by atoms with Crippen LogP contribution in [0, 0.1) is 17.0 Å². The normalized spacial score (nSPS) is 9.91. The van der Waals surface area contributed by atoms with Crippen LogP contribution in [-0.2, 0) is 4.74 Å². The molecule has 126 valence electrons. The maximum absolute atomic E-state index is 11.7. The molecule has 0 aromatic carbocycles. The van der Waals surface area contributed by atoms with Gasteiger partial charge in [-0.05, 0) is 13.0 Å². The largest absolute Gasteiger partial charge is 0.465 e. The van der Waals surface area contributed by atoms with Gasteiger partial charge in [-0.2, -0.15) is 0 Å². The molecular formula is C13H19N5O5. The van der Waals surface area contributed by atoms with E-state index in [4.69, 9.17) is 0 Å². The molecule has 0 bridgehead atoms. The number of nitro groups is 1. The molecule has 0 aliphatic carbocycles. The molecule has 0 aliphatic heterocycles. The number of pyridine rings is 1. The fourth-order valence-corrected chi connectivity index (χ4v) is 1.75. The average Bonchev–Trinajstić information content (AvgIpc) is 2.49. The molecule has 2 N–H and O–H groups in total. The average molecular weight is 325 g/mol. The van der Waals surface area contributed by atoms with E-state index in [1.807, 2.05) is 0 Å². The Kier molecular flexibility index (Phi) is 6.24. The number of amides is 2. The highest BCUT2D eigenvalue weighted by Crippen LogP contribution is 2.28. The Morgan fingerprint density at radius 3 is 2.57 bits per heavy atom. The van der Waals surface area contributed by atoms with Crippen LogP contribution in [0.5, 0.6) is 0 Å². The summed E-state index contributed by atoms with van der Waals surface area (Å²) in [7, 11) is 4.34. The van der Waals surface area contributed by atoms with Crippen LogP contribution in [0.4, 0.5) is 16.3 Å². The SMILES string of the molecule is COC(=O)c1cc(C)nc(NCCNC(=O)N(C)C)c1[N+](=O)[O-]. The van der Waals surface area contributed by atoms with Gasteiger partial charge in [-0.1, -0.05) is 0 Å². The highest BCUT2D eigenvalue weighted by molar-refractivity contribution is 5.96. The van der Waals surface area contributed by atoms with Gasteiger partial charge in [0.15, 0.2) is 0 Å². The van der Waals surface area contributed by atoms with Crippen molar-refractivity contribution >= 4 is 23.5 Å². The van der Waals surface area contributed by atoms with Crippen LogP contribution >= 0.6 is 0 Å². The Bertz CT molecular complexity index is 617. The van der Waals surface area contributed by atoms with Crippen LogP contribution in [0.15, 0.2) is 6.07 Å². The molecule has 0 spiro atoms. The minimum absolute atomic E-state index is 0.0468. The number of aromatic nitrogens is 1. The number of hydrogen-bond donors (Lipinski definition) is 2. The van der Waals surface area contributed by atoms with E-state index in [-0.39, 0.29) is 30.5 Å². The van der Waals surface area contributed by atoms with Gasteiger partial charge in [-0.15, -0.1) is 0 Å². The van der Waals surface area contributed by atoms with Crippen molar-refractivity contribution in [3.05, 3.63) is 27.4 Å². The topological polar surface area (TPSA) is 127 Å². The van der Waals surface area contributed by atoms with E-state index in [1.54, 1.807) is 21.0 Å². The molecule has 0 radical (unpaired) electrons. The molecule has 0 fully saturated rings. The zero-order valence-corrected chi connectivity index (χ0v) is 13.4. The molecule has 23 heavy (non-hydrogen) atoms. The number of carbonyl (C=O) groups is 2. The first-order valence-corrected chi connectivity index (χ1v) is 6.71. The number of carbonyl (C=O) groups excluding carboxylic acids is 2. The number of anilines is 1. The van der Waals surface area contributed by atoms with E-state index in [1.165, 1.54) is 11.0 Å². The first kappa shape index (κ1) is 18.1. The highest BCUT2D eigenvalue weighted by Gasteiger charge is 2.27. The third-order valence-electron chi connectivity index (χ3n) is 2.81. The number of nitrogens with zero attached hydrogens (tertiary/aromatic N) is 3. The summed E-state index contributed by atoms with van der Waals surface area (Å²) in [6.07, 6.45) is 0. The van der Waals surface area contributed by atoms with Crippen molar-refractivity contribution < 1.29 is 19.2 Å². The Hall–Kier alpha value is -2.91. The second kappa shape index (κ2) is 7.92. The zero-order chi connectivity index (χ0) is 17.6. The zero-order valence-electron chi connectivity index (χ0n) is 13.4. The monoisotopic (exact) mass is 325 g/mol. The lowest BCUT2D eigenvalue weighted by Gasteiger charge is -2.13. The Morgan fingerprint density at radius 1 is 1.39 bits per heavy atom. The smallest absolute Gasteiger partial charge is 0.345 e. The molecule has 0 atom stereocenters. The number of esters is 1. The van der Waals surface area contributed by atoms with Gasteiger partial charge in [0.1, 0.15) is 5.56 Å². The molecule has 1 heterocycles. The van der Waals surface area contributed by atoms with Crippen LogP contribution in [0.3, 0.4) is 0 Å². The van der Waals surface area contributed by atoms with Gasteiger partial charge in [0.25, 0.3) is 0 Å². The number of rotatable bonds is 6. The minimum atomic E-state index is -0.814. The number of hydrogen-bond acceptors (Lipinski definition) is 7. The number of ether oxygens (including phenoxy) is 1. The Balaban J connectivity index is 2.93. The number of nitrogens with one attached hydrogen (secondary N) is 2. The van der Waals surface area contributed by atoms with Gasteiger partial charge in [0.05, 0.1) is 12.0 Å². The fourth-order valence-electron chi connectivity index (χ4n) is 1.75. The lowest BCUT2D eigenvalue weighted by Crippen LogP contribution is -2.37. The van der Waals surface area contributed by atoms with Crippen molar-refractivity contribution in [1.29, 1.82) is 0 Å². The summed E-state index contributed by atoms with van der Waals surface area (Å²) in [5, 5.41) is 16.6. The molecule has 1 aromatic heterocycles. The molecule has 0 saturated carbocycles. The Labute approximate surface area is 133 Å². The Morgan fingerprint density at radius 2 is 2.04 bits per heavy atom. The first-order chi connectivity index (χ1) is 10.8. The number of aryl methyl sites for hydroxylation is 1. The quantitative estimate of drug-likeness (QED) is 0.342. The van der Waals surface area contributed by atoms with E-state index in [9.17, 15) is 19.7 Å². The van der Waals surface area contributed by atoms with Crippen molar-refractivity contribution in [2.45, 2.75) is 6.92 Å². The van der Waals surface area contributed by atoms with Crippen molar-refractivity contribution in [3.8, 4) is 0 Å². The molecule has 1 aromatic rings. The van der Waals surface area contributed by atoms with Gasteiger partial charge >= 0.3 is 17.7 Å². The van der Waals surface area contributed by atoms with Crippen molar-refractivity contribution in [1.82, 2.24) is 15.2 Å². The third kappa shape index (κ3) is 4.80. The van der Waals surface area contributed by atoms with Crippen molar-refractivity contribution in [3.63, 3.8) is 0 Å². The second-order valence-corrected chi connectivity index (χ2v) is 4.81. The molecule has 0 unspecified atom stereocenters. The molecule has 0 aliphatic rings. The van der Waals surface area contributed by atoms with Crippen molar-refractivity contribution in [2.75, 3.05) is 39.6 Å². The summed E-state index contributed by atoms with van der Waals surface area (Å²) in [6.45, 7) is 2.05. The lowest BCUT2D eigenvalue weighted by molar-refractivity contribution is -0.384. The van der Waals surface area contributed by atoms with E-state index in [0.717, 1.165) is 7.11 Å². The van der Waals surface area contributed by atoms with Crippen molar-refractivity contribution in [2.24, 2.45) is 0 Å². The van der Waals surface area contributed by atoms with Gasteiger partial charge in [-0.25, -0.2) is 14.6 Å². The maximum Gasteiger partial charge on any atom is 0.345 e. The van der Waals surface area contributed by atoms with Crippen LogP contribution in [0.25, 0.3) is 0 Å². The van der Waals surface area contributed by atoms with Gasteiger partial charge in [-0.3, -0.25) is 10.1 Å². The predicted octanol–water partition coefficient (Wildman–Crippen LogP) is 0.768. The van der Waals surface area contributed by atoms with E-state index in [2.05, 4.69) is 20.4 Å².